The van der Waals surface area contributed by atoms with Crippen LogP contribution in [0.4, 0.5) is 5.69 Å². The van der Waals surface area contributed by atoms with Crippen LogP contribution in [0.25, 0.3) is 0 Å². The summed E-state index contributed by atoms with van der Waals surface area (Å²) in [7, 11) is 0. The molecule has 0 spiro atoms. The summed E-state index contributed by atoms with van der Waals surface area (Å²) < 4.78 is 0.788. The standard InChI is InChI=1S/C11H10BrCl2NO/c12-8-1-2-9(11(14)10(8)13)15-5-3-7(16)4-6-15/h1-2H,3-6H2. The van der Waals surface area contributed by atoms with E-state index in [1.807, 2.05) is 12.1 Å². The van der Waals surface area contributed by atoms with E-state index in [4.69, 9.17) is 23.2 Å². The minimum Gasteiger partial charge on any atom is -0.369 e. The third-order valence-electron chi connectivity index (χ3n) is 2.68. The SMILES string of the molecule is O=C1CCN(c2ccc(Br)c(Cl)c2Cl)CC1. The van der Waals surface area contributed by atoms with Gasteiger partial charge in [-0.3, -0.25) is 4.79 Å². The molecule has 86 valence electrons. The van der Waals surface area contributed by atoms with E-state index in [9.17, 15) is 4.79 Å². The lowest BCUT2D eigenvalue weighted by molar-refractivity contribution is -0.119. The lowest BCUT2D eigenvalue weighted by Gasteiger charge is -2.29. The summed E-state index contributed by atoms with van der Waals surface area (Å²) in [6.45, 7) is 1.44. The average molecular weight is 323 g/mol. The van der Waals surface area contributed by atoms with E-state index in [1.165, 1.54) is 0 Å². The van der Waals surface area contributed by atoms with Crippen LogP contribution in [0.3, 0.4) is 0 Å². The average Bonchev–Trinajstić information content (AvgIpc) is 2.28. The molecule has 0 amide bonds. The van der Waals surface area contributed by atoms with Gasteiger partial charge in [-0.15, -0.1) is 0 Å². The summed E-state index contributed by atoms with van der Waals surface area (Å²) in [5.74, 6) is 0.315. The topological polar surface area (TPSA) is 20.3 Å². The van der Waals surface area contributed by atoms with Crippen LogP contribution in [-0.4, -0.2) is 18.9 Å². The Kier molecular flexibility index (Phi) is 3.77. The molecule has 0 radical (unpaired) electrons. The number of carbonyl (C=O) groups is 1. The molecule has 5 heteroatoms. The van der Waals surface area contributed by atoms with Gasteiger partial charge in [0.1, 0.15) is 5.78 Å². The summed E-state index contributed by atoms with van der Waals surface area (Å²) in [4.78, 5) is 13.3. The highest BCUT2D eigenvalue weighted by Crippen LogP contribution is 2.38. The lowest BCUT2D eigenvalue weighted by Crippen LogP contribution is -2.33. The normalized spacial score (nSPS) is 16.7. The number of benzene rings is 1. The third-order valence-corrected chi connectivity index (χ3v) is 4.44. The van der Waals surface area contributed by atoms with Gasteiger partial charge in [-0.25, -0.2) is 0 Å². The van der Waals surface area contributed by atoms with Crippen molar-refractivity contribution < 1.29 is 4.79 Å². The molecule has 0 bridgehead atoms. The highest BCUT2D eigenvalue weighted by Gasteiger charge is 2.20. The molecule has 2 nitrogen and oxygen atoms in total. The molecule has 2 rings (SSSR count). The molecule has 1 aliphatic rings. The molecule has 0 unspecified atom stereocenters. The highest BCUT2D eigenvalue weighted by atomic mass is 79.9. The molecular formula is C11H10BrCl2NO. The maximum Gasteiger partial charge on any atom is 0.136 e. The van der Waals surface area contributed by atoms with Gasteiger partial charge in [0.25, 0.3) is 0 Å². The van der Waals surface area contributed by atoms with Gasteiger partial charge >= 0.3 is 0 Å². The van der Waals surface area contributed by atoms with Crippen LogP contribution in [0.15, 0.2) is 16.6 Å². The van der Waals surface area contributed by atoms with Crippen molar-refractivity contribution in [2.45, 2.75) is 12.8 Å². The molecule has 1 aliphatic heterocycles. The van der Waals surface area contributed by atoms with Crippen LogP contribution in [0.1, 0.15) is 12.8 Å². The number of hydrogen-bond acceptors (Lipinski definition) is 2. The van der Waals surface area contributed by atoms with Crippen molar-refractivity contribution in [2.75, 3.05) is 18.0 Å². The van der Waals surface area contributed by atoms with Crippen LogP contribution in [0, 0.1) is 0 Å². The Balaban J connectivity index is 2.27. The Hall–Kier alpha value is -0.250. The molecule has 0 aromatic heterocycles. The van der Waals surface area contributed by atoms with E-state index >= 15 is 0 Å². The molecule has 1 fully saturated rings. The number of carbonyl (C=O) groups excluding carboxylic acids is 1. The second kappa shape index (κ2) is 4.94. The minimum atomic E-state index is 0.315. The van der Waals surface area contributed by atoms with Crippen LogP contribution in [0.2, 0.25) is 10.0 Å². The van der Waals surface area contributed by atoms with Gasteiger partial charge in [-0.2, -0.15) is 0 Å². The second-order valence-electron chi connectivity index (χ2n) is 3.72. The van der Waals surface area contributed by atoms with Crippen LogP contribution in [-0.2, 0) is 4.79 Å². The first-order chi connectivity index (χ1) is 7.59. The van der Waals surface area contributed by atoms with Crippen molar-refractivity contribution in [1.82, 2.24) is 0 Å². The number of piperidine rings is 1. The van der Waals surface area contributed by atoms with Crippen molar-refractivity contribution in [3.8, 4) is 0 Å². The molecule has 1 aromatic rings. The molecule has 0 N–H and O–H groups in total. The van der Waals surface area contributed by atoms with Crippen molar-refractivity contribution in [1.29, 1.82) is 0 Å². The molecule has 16 heavy (non-hydrogen) atoms. The van der Waals surface area contributed by atoms with E-state index in [-0.39, 0.29) is 0 Å². The Morgan fingerprint density at radius 1 is 1.12 bits per heavy atom. The predicted octanol–water partition coefficient (Wildman–Crippen LogP) is 3.93. The highest BCUT2D eigenvalue weighted by molar-refractivity contribution is 9.10. The first-order valence-corrected chi connectivity index (χ1v) is 6.54. The molecule has 0 atom stereocenters. The maximum absolute atomic E-state index is 11.2. The van der Waals surface area contributed by atoms with Crippen molar-refractivity contribution in [3.05, 3.63) is 26.7 Å². The zero-order valence-corrected chi connectivity index (χ0v) is 11.6. The summed E-state index contributed by atoms with van der Waals surface area (Å²) >= 11 is 15.6. The Morgan fingerprint density at radius 2 is 1.75 bits per heavy atom. The molecule has 1 aromatic carbocycles. The zero-order valence-electron chi connectivity index (χ0n) is 8.47. The molecular weight excluding hydrogens is 313 g/mol. The van der Waals surface area contributed by atoms with E-state index in [0.717, 1.165) is 23.2 Å². The van der Waals surface area contributed by atoms with Crippen molar-refractivity contribution in [2.24, 2.45) is 0 Å². The smallest absolute Gasteiger partial charge is 0.136 e. The Morgan fingerprint density at radius 3 is 2.38 bits per heavy atom. The lowest BCUT2D eigenvalue weighted by atomic mass is 10.1. The zero-order chi connectivity index (χ0) is 11.7. The van der Waals surface area contributed by atoms with Crippen LogP contribution in [0.5, 0.6) is 0 Å². The van der Waals surface area contributed by atoms with Crippen LogP contribution >= 0.6 is 39.1 Å². The first kappa shape index (κ1) is 12.2. The fraction of sp³-hybridized carbons (Fsp3) is 0.364. The van der Waals surface area contributed by atoms with Gasteiger partial charge in [0.2, 0.25) is 0 Å². The van der Waals surface area contributed by atoms with Gasteiger partial charge in [-0.05, 0) is 28.1 Å². The maximum atomic E-state index is 11.2. The first-order valence-electron chi connectivity index (χ1n) is 4.99. The van der Waals surface area contributed by atoms with Gasteiger partial charge < -0.3 is 4.90 Å². The predicted molar refractivity (Wildman–Crippen MR) is 70.6 cm³/mol. The number of rotatable bonds is 1. The molecule has 0 aliphatic carbocycles. The molecule has 1 heterocycles. The molecule has 1 saturated heterocycles. The van der Waals surface area contributed by atoms with E-state index in [1.54, 1.807) is 0 Å². The number of halogens is 3. The third kappa shape index (κ3) is 2.36. The Labute approximate surface area is 113 Å². The summed E-state index contributed by atoms with van der Waals surface area (Å²) in [6, 6.07) is 3.80. The largest absolute Gasteiger partial charge is 0.369 e. The van der Waals surface area contributed by atoms with Crippen molar-refractivity contribution in [3.63, 3.8) is 0 Å². The van der Waals surface area contributed by atoms with Gasteiger partial charge in [-0.1, -0.05) is 23.2 Å². The Bertz CT molecular complexity index is 426. The second-order valence-corrected chi connectivity index (χ2v) is 5.33. The number of anilines is 1. The van der Waals surface area contributed by atoms with Gasteiger partial charge in [0.15, 0.2) is 0 Å². The van der Waals surface area contributed by atoms with Crippen LogP contribution < -0.4 is 4.90 Å². The summed E-state index contributed by atoms with van der Waals surface area (Å²) in [6.07, 6.45) is 1.17. The quantitative estimate of drug-likeness (QED) is 0.730. The number of Topliss-reactive ketones (excluding diaryl/α,β-unsaturated/α-hetero) is 1. The fourth-order valence-corrected chi connectivity index (χ4v) is 2.65. The fourth-order valence-electron chi connectivity index (χ4n) is 1.76. The number of nitrogens with zero attached hydrogens (tertiary/aromatic N) is 1. The van der Waals surface area contributed by atoms with E-state index in [0.29, 0.717) is 28.7 Å². The van der Waals surface area contributed by atoms with E-state index < -0.39 is 0 Å². The van der Waals surface area contributed by atoms with E-state index in [2.05, 4.69) is 20.8 Å². The summed E-state index contributed by atoms with van der Waals surface area (Å²) in [5, 5.41) is 1.07. The monoisotopic (exact) mass is 321 g/mol. The van der Waals surface area contributed by atoms with Gasteiger partial charge in [0.05, 0.1) is 15.7 Å². The van der Waals surface area contributed by atoms with Crippen molar-refractivity contribution >= 4 is 50.6 Å². The summed E-state index contributed by atoms with van der Waals surface area (Å²) in [5.41, 5.74) is 0.905. The minimum absolute atomic E-state index is 0.315. The molecule has 0 saturated carbocycles. The number of ketones is 1. The number of hydrogen-bond donors (Lipinski definition) is 0. The van der Waals surface area contributed by atoms with Gasteiger partial charge in [0, 0.05) is 30.4 Å².